The summed E-state index contributed by atoms with van der Waals surface area (Å²) in [6, 6.07) is 9.28. The lowest BCUT2D eigenvalue weighted by Gasteiger charge is -2.01. The van der Waals surface area contributed by atoms with E-state index in [0.29, 0.717) is 5.01 Å². The van der Waals surface area contributed by atoms with E-state index in [4.69, 9.17) is 0 Å². The zero-order valence-electron chi connectivity index (χ0n) is 9.62. The van der Waals surface area contributed by atoms with Crippen molar-refractivity contribution in [3.05, 3.63) is 40.7 Å². The van der Waals surface area contributed by atoms with Gasteiger partial charge >= 0.3 is 0 Å². The van der Waals surface area contributed by atoms with Gasteiger partial charge in [-0.25, -0.2) is 0 Å². The molecule has 0 bridgehead atoms. The monoisotopic (exact) mass is 261 g/mol. The van der Waals surface area contributed by atoms with E-state index in [2.05, 4.69) is 15.5 Å². The lowest BCUT2D eigenvalue weighted by atomic mass is 10.3. The Morgan fingerprint density at radius 3 is 2.67 bits per heavy atom. The van der Waals surface area contributed by atoms with Gasteiger partial charge < -0.3 is 5.11 Å². The molecule has 0 fully saturated rings. The number of nitrogens with zero attached hydrogens (tertiary/aromatic N) is 2. The molecular weight excluding hydrogens is 250 g/mol. The molecule has 0 radical (unpaired) electrons. The predicted molar refractivity (Wildman–Crippen MR) is 71.1 cm³/mol. The number of Topliss-reactive ketones (excluding diaryl/α,β-unsaturated/α-hetero) is 1. The van der Waals surface area contributed by atoms with E-state index in [-0.39, 0.29) is 17.4 Å². The minimum absolute atomic E-state index is 0.108. The number of thiazole rings is 1. The van der Waals surface area contributed by atoms with E-state index >= 15 is 0 Å². The molecule has 2 aromatic rings. The molecule has 0 aliphatic heterocycles. The van der Waals surface area contributed by atoms with Crippen LogP contribution in [-0.2, 0) is 4.79 Å². The molecule has 0 amide bonds. The van der Waals surface area contributed by atoms with Crippen molar-refractivity contribution in [2.45, 2.75) is 6.92 Å². The third-order valence-corrected chi connectivity index (χ3v) is 2.94. The number of nitrogens with one attached hydrogen (secondary N) is 1. The van der Waals surface area contributed by atoms with Crippen molar-refractivity contribution >= 4 is 28.5 Å². The van der Waals surface area contributed by atoms with Gasteiger partial charge in [0.05, 0.1) is 11.1 Å². The molecule has 0 aliphatic carbocycles. The van der Waals surface area contributed by atoms with Crippen molar-refractivity contribution in [3.8, 4) is 5.88 Å². The number of anilines is 1. The third-order valence-electron chi connectivity index (χ3n) is 2.10. The first-order chi connectivity index (χ1) is 8.66. The van der Waals surface area contributed by atoms with Crippen LogP contribution in [0.2, 0.25) is 0 Å². The fourth-order valence-electron chi connectivity index (χ4n) is 1.28. The van der Waals surface area contributed by atoms with E-state index in [1.54, 1.807) is 0 Å². The van der Waals surface area contributed by atoms with E-state index in [9.17, 15) is 9.90 Å². The molecule has 2 N–H and O–H groups in total. The molecule has 1 aromatic carbocycles. The Kier molecular flexibility index (Phi) is 3.69. The summed E-state index contributed by atoms with van der Waals surface area (Å²) in [6.45, 7) is 1.41. The number of benzene rings is 1. The van der Waals surface area contributed by atoms with Crippen LogP contribution >= 0.6 is 11.3 Å². The second-order valence-corrected chi connectivity index (χ2v) is 4.36. The fraction of sp³-hybridized carbons (Fsp3) is 0.0833. The first-order valence-electron chi connectivity index (χ1n) is 5.21. The Balaban J connectivity index is 2.23. The van der Waals surface area contributed by atoms with Crippen LogP contribution in [0.1, 0.15) is 11.9 Å². The molecule has 92 valence electrons. The van der Waals surface area contributed by atoms with Gasteiger partial charge in [0.25, 0.3) is 0 Å². The number of rotatable bonds is 4. The highest BCUT2D eigenvalue weighted by Gasteiger charge is 2.14. The number of hydrazone groups is 1. The van der Waals surface area contributed by atoms with Crippen LogP contribution in [0.3, 0.4) is 0 Å². The highest BCUT2D eigenvalue weighted by Crippen LogP contribution is 2.16. The zero-order valence-corrected chi connectivity index (χ0v) is 10.4. The van der Waals surface area contributed by atoms with Crippen molar-refractivity contribution in [1.82, 2.24) is 4.98 Å². The number of aromatic nitrogens is 1. The molecule has 0 aliphatic rings. The molecule has 2 rings (SSSR count). The number of ketones is 1. The van der Waals surface area contributed by atoms with Gasteiger partial charge in [0.2, 0.25) is 5.88 Å². The Hall–Kier alpha value is -2.21. The van der Waals surface area contributed by atoms with Crippen LogP contribution in [0.15, 0.2) is 40.8 Å². The normalized spacial score (nSPS) is 11.3. The number of para-hydroxylation sites is 1. The van der Waals surface area contributed by atoms with Crippen molar-refractivity contribution in [1.29, 1.82) is 0 Å². The second-order valence-electron chi connectivity index (χ2n) is 3.51. The molecule has 5 nitrogen and oxygen atoms in total. The lowest BCUT2D eigenvalue weighted by Crippen LogP contribution is -2.13. The Bertz CT molecular complexity index is 578. The smallest absolute Gasteiger partial charge is 0.222 e. The zero-order chi connectivity index (χ0) is 13.0. The summed E-state index contributed by atoms with van der Waals surface area (Å²) in [7, 11) is 0. The first kappa shape index (κ1) is 12.3. The largest absolute Gasteiger partial charge is 0.493 e. The molecule has 0 spiro atoms. The van der Waals surface area contributed by atoms with Crippen LogP contribution in [0.25, 0.3) is 0 Å². The molecule has 1 heterocycles. The number of aromatic hydroxyl groups is 1. The Morgan fingerprint density at radius 1 is 1.39 bits per heavy atom. The van der Waals surface area contributed by atoms with E-state index < -0.39 is 0 Å². The average Bonchev–Trinajstić information content (AvgIpc) is 2.77. The maximum Gasteiger partial charge on any atom is 0.222 e. The summed E-state index contributed by atoms with van der Waals surface area (Å²) in [6.07, 6.45) is 0. The Morgan fingerprint density at radius 2 is 2.11 bits per heavy atom. The Labute approximate surface area is 108 Å². The van der Waals surface area contributed by atoms with Crippen LogP contribution in [0.4, 0.5) is 5.69 Å². The molecule has 0 saturated carbocycles. The molecule has 0 saturated heterocycles. The molecule has 6 heteroatoms. The van der Waals surface area contributed by atoms with Gasteiger partial charge in [0, 0.05) is 6.92 Å². The average molecular weight is 261 g/mol. The molecule has 0 atom stereocenters. The number of hydrogen-bond donors (Lipinski definition) is 2. The number of carbonyl (C=O) groups excluding carboxylic acids is 1. The van der Waals surface area contributed by atoms with Gasteiger partial charge in [-0.2, -0.15) is 10.1 Å². The third kappa shape index (κ3) is 2.92. The fourth-order valence-corrected chi connectivity index (χ4v) is 2.00. The van der Waals surface area contributed by atoms with Gasteiger partial charge in [0.1, 0.15) is 0 Å². The van der Waals surface area contributed by atoms with Crippen molar-refractivity contribution < 1.29 is 9.90 Å². The molecular formula is C12H11N3O2S. The minimum Gasteiger partial charge on any atom is -0.493 e. The highest BCUT2D eigenvalue weighted by atomic mass is 32.1. The number of hydrogen-bond acceptors (Lipinski definition) is 6. The van der Waals surface area contributed by atoms with Gasteiger partial charge in [-0.1, -0.05) is 18.2 Å². The van der Waals surface area contributed by atoms with Crippen LogP contribution in [0.5, 0.6) is 5.88 Å². The first-order valence-corrected chi connectivity index (χ1v) is 6.09. The summed E-state index contributed by atoms with van der Waals surface area (Å²) in [4.78, 5) is 15.3. The van der Waals surface area contributed by atoms with E-state index in [1.165, 1.54) is 23.6 Å². The van der Waals surface area contributed by atoms with Crippen molar-refractivity contribution in [2.24, 2.45) is 5.10 Å². The topological polar surface area (TPSA) is 74.6 Å². The summed E-state index contributed by atoms with van der Waals surface area (Å²) >= 11 is 1.17. The summed E-state index contributed by atoms with van der Waals surface area (Å²) in [5.74, 6) is -0.323. The SMILES string of the molecule is CC(=O)/C(=N/Nc1ccccc1)c1nc(O)cs1. The molecule has 0 unspecified atom stereocenters. The van der Waals surface area contributed by atoms with E-state index in [1.807, 2.05) is 30.3 Å². The van der Waals surface area contributed by atoms with Crippen molar-refractivity contribution in [2.75, 3.05) is 5.43 Å². The predicted octanol–water partition coefficient (Wildman–Crippen LogP) is 2.25. The standard InChI is InChI=1S/C12H11N3O2S/c1-8(16)11(12-13-10(17)7-18-12)15-14-9-5-3-2-4-6-9/h2-7,14,17H,1H3/b15-11-. The van der Waals surface area contributed by atoms with Gasteiger partial charge in [-0.05, 0) is 12.1 Å². The highest BCUT2D eigenvalue weighted by molar-refractivity contribution is 7.12. The van der Waals surface area contributed by atoms with E-state index in [0.717, 1.165) is 5.69 Å². The van der Waals surface area contributed by atoms with Crippen LogP contribution in [-0.4, -0.2) is 21.6 Å². The maximum atomic E-state index is 11.5. The maximum absolute atomic E-state index is 11.5. The van der Waals surface area contributed by atoms with Gasteiger partial charge in [-0.15, -0.1) is 11.3 Å². The molecule has 1 aromatic heterocycles. The summed E-state index contributed by atoms with van der Waals surface area (Å²) in [5, 5.41) is 15.1. The summed E-state index contributed by atoms with van der Waals surface area (Å²) < 4.78 is 0. The lowest BCUT2D eigenvalue weighted by molar-refractivity contribution is -0.111. The molecule has 18 heavy (non-hydrogen) atoms. The van der Waals surface area contributed by atoms with Gasteiger partial charge in [-0.3, -0.25) is 10.2 Å². The van der Waals surface area contributed by atoms with Crippen molar-refractivity contribution in [3.63, 3.8) is 0 Å². The van der Waals surface area contributed by atoms with Crippen LogP contribution < -0.4 is 5.43 Å². The minimum atomic E-state index is -0.215. The van der Waals surface area contributed by atoms with Crippen LogP contribution in [0, 0.1) is 0 Å². The van der Waals surface area contributed by atoms with Gasteiger partial charge in [0.15, 0.2) is 16.5 Å². The second kappa shape index (κ2) is 5.42. The quantitative estimate of drug-likeness (QED) is 0.654. The number of carbonyl (C=O) groups is 1. The summed E-state index contributed by atoms with van der Waals surface area (Å²) in [5.41, 5.74) is 3.76.